The second kappa shape index (κ2) is 6.53. The van der Waals surface area contributed by atoms with Crippen LogP contribution in [0.3, 0.4) is 0 Å². The highest BCUT2D eigenvalue weighted by molar-refractivity contribution is 5.74. The predicted molar refractivity (Wildman–Crippen MR) is 95.6 cm³/mol. The number of nitrogens with one attached hydrogen (secondary N) is 1. The molecule has 3 aromatic rings. The molecule has 124 valence electrons. The molecule has 5 nitrogen and oxygen atoms in total. The highest BCUT2D eigenvalue weighted by atomic mass is 16.5. The molecule has 0 atom stereocenters. The maximum atomic E-state index is 5.50. The Labute approximate surface area is 142 Å². The third-order valence-corrected chi connectivity index (χ3v) is 4.82. The number of hydrogen-bond donors (Lipinski definition) is 1. The largest absolute Gasteiger partial charge is 0.495 e. The molecule has 0 aliphatic carbocycles. The first-order chi connectivity index (χ1) is 11.8. The van der Waals surface area contributed by atoms with E-state index in [-0.39, 0.29) is 0 Å². The Balaban J connectivity index is 1.43. The van der Waals surface area contributed by atoms with Crippen molar-refractivity contribution in [1.29, 1.82) is 0 Å². The van der Waals surface area contributed by atoms with E-state index in [0.29, 0.717) is 0 Å². The number of imidazole rings is 1. The van der Waals surface area contributed by atoms with Gasteiger partial charge in [0.1, 0.15) is 12.1 Å². The summed E-state index contributed by atoms with van der Waals surface area (Å²) >= 11 is 0. The van der Waals surface area contributed by atoms with Crippen LogP contribution in [-0.4, -0.2) is 42.8 Å². The van der Waals surface area contributed by atoms with Crippen LogP contribution >= 0.6 is 0 Å². The molecule has 2 aromatic carbocycles. The molecule has 1 saturated heterocycles. The molecule has 0 bridgehead atoms. The standard InChI is InChI=1S/C19H22N4O/c1-24-19-9-5-4-8-18(19)22-12-10-21(11-13-22)15-23-14-20-16-6-2-3-7-17(16)23/h2-9,14H,10-13,15H2,1H3/p+1. The van der Waals surface area contributed by atoms with Crippen LogP contribution in [0.4, 0.5) is 5.69 Å². The van der Waals surface area contributed by atoms with E-state index in [1.165, 1.54) is 11.2 Å². The van der Waals surface area contributed by atoms with E-state index in [9.17, 15) is 0 Å². The molecule has 1 aromatic heterocycles. The number of anilines is 1. The Morgan fingerprint density at radius 2 is 1.79 bits per heavy atom. The van der Waals surface area contributed by atoms with Gasteiger partial charge in [-0.2, -0.15) is 0 Å². The maximum Gasteiger partial charge on any atom is 0.158 e. The summed E-state index contributed by atoms with van der Waals surface area (Å²) in [5.41, 5.74) is 3.49. The summed E-state index contributed by atoms with van der Waals surface area (Å²) in [6.45, 7) is 5.29. The topological polar surface area (TPSA) is 34.7 Å². The first kappa shape index (κ1) is 15.0. The lowest BCUT2D eigenvalue weighted by Gasteiger charge is -2.34. The Morgan fingerprint density at radius 1 is 1.04 bits per heavy atom. The van der Waals surface area contributed by atoms with Gasteiger partial charge in [0.25, 0.3) is 0 Å². The zero-order valence-corrected chi connectivity index (χ0v) is 14.0. The molecule has 1 aliphatic heterocycles. The molecule has 1 N–H and O–H groups in total. The summed E-state index contributed by atoms with van der Waals surface area (Å²) in [6.07, 6.45) is 1.96. The average molecular weight is 323 g/mol. The van der Waals surface area contributed by atoms with Gasteiger partial charge in [-0.25, -0.2) is 4.98 Å². The lowest BCUT2D eigenvalue weighted by atomic mass is 10.2. The SMILES string of the molecule is COc1ccccc1N1CC[NH+](Cn2cnc3ccccc32)CC1. The van der Waals surface area contributed by atoms with E-state index in [2.05, 4.69) is 44.8 Å². The Bertz CT molecular complexity index is 821. The van der Waals surface area contributed by atoms with Gasteiger partial charge in [-0.05, 0) is 24.3 Å². The molecule has 0 spiro atoms. The molecule has 1 fully saturated rings. The smallest absolute Gasteiger partial charge is 0.158 e. The molecule has 0 radical (unpaired) electrons. The lowest BCUT2D eigenvalue weighted by Crippen LogP contribution is -3.14. The summed E-state index contributed by atoms with van der Waals surface area (Å²) in [5, 5.41) is 0. The van der Waals surface area contributed by atoms with Crippen LogP contribution in [0.1, 0.15) is 0 Å². The first-order valence-corrected chi connectivity index (χ1v) is 8.46. The maximum absolute atomic E-state index is 5.50. The summed E-state index contributed by atoms with van der Waals surface area (Å²) < 4.78 is 7.77. The molecule has 0 amide bonds. The van der Waals surface area contributed by atoms with Crippen molar-refractivity contribution < 1.29 is 9.64 Å². The fourth-order valence-corrected chi connectivity index (χ4v) is 3.49. The number of fused-ring (bicyclic) bond motifs is 1. The predicted octanol–water partition coefficient (Wildman–Crippen LogP) is 1.41. The number of hydrogen-bond acceptors (Lipinski definition) is 3. The van der Waals surface area contributed by atoms with E-state index < -0.39 is 0 Å². The number of aromatic nitrogens is 2. The fraction of sp³-hybridized carbons (Fsp3) is 0.316. The summed E-state index contributed by atoms with van der Waals surface area (Å²) in [4.78, 5) is 8.50. The van der Waals surface area contributed by atoms with E-state index in [1.807, 2.05) is 24.5 Å². The van der Waals surface area contributed by atoms with Crippen molar-refractivity contribution in [2.45, 2.75) is 6.67 Å². The number of methoxy groups -OCH3 is 1. The second-order valence-electron chi connectivity index (χ2n) is 6.27. The minimum absolute atomic E-state index is 0.960. The summed E-state index contributed by atoms with van der Waals surface area (Å²) in [6, 6.07) is 16.6. The Hall–Kier alpha value is -2.53. The minimum Gasteiger partial charge on any atom is -0.495 e. The highest BCUT2D eigenvalue weighted by Gasteiger charge is 2.22. The molecule has 1 aliphatic rings. The number of rotatable bonds is 4. The highest BCUT2D eigenvalue weighted by Crippen LogP contribution is 2.27. The Kier molecular flexibility index (Phi) is 4.09. The molecular formula is C19H23N4O+. The third kappa shape index (κ3) is 2.83. The molecule has 0 saturated carbocycles. The monoisotopic (exact) mass is 323 g/mol. The average Bonchev–Trinajstić information content (AvgIpc) is 3.05. The lowest BCUT2D eigenvalue weighted by molar-refractivity contribution is -0.923. The normalized spacial score (nSPS) is 15.8. The van der Waals surface area contributed by atoms with Gasteiger partial charge in [0.15, 0.2) is 6.67 Å². The van der Waals surface area contributed by atoms with Crippen LogP contribution < -0.4 is 14.5 Å². The van der Waals surface area contributed by atoms with Crippen LogP contribution in [0.5, 0.6) is 5.75 Å². The number of nitrogens with zero attached hydrogens (tertiary/aromatic N) is 3. The van der Waals surface area contributed by atoms with E-state index in [0.717, 1.165) is 44.1 Å². The van der Waals surface area contributed by atoms with Crippen LogP contribution in [0.2, 0.25) is 0 Å². The minimum atomic E-state index is 0.960. The summed E-state index contributed by atoms with van der Waals surface area (Å²) in [5.74, 6) is 0.960. The number of para-hydroxylation sites is 4. The van der Waals surface area contributed by atoms with Gasteiger partial charge in [0.2, 0.25) is 0 Å². The van der Waals surface area contributed by atoms with Gasteiger partial charge in [-0.15, -0.1) is 0 Å². The number of ether oxygens (including phenoxy) is 1. The zero-order chi connectivity index (χ0) is 16.4. The van der Waals surface area contributed by atoms with Gasteiger partial charge in [0, 0.05) is 0 Å². The van der Waals surface area contributed by atoms with Gasteiger partial charge < -0.3 is 14.5 Å². The van der Waals surface area contributed by atoms with Gasteiger partial charge in [-0.3, -0.25) is 4.57 Å². The van der Waals surface area contributed by atoms with Crippen LogP contribution in [-0.2, 0) is 6.67 Å². The van der Waals surface area contributed by atoms with Crippen LogP contribution in [0.15, 0.2) is 54.9 Å². The van der Waals surface area contributed by atoms with Crippen molar-refractivity contribution in [2.75, 3.05) is 38.2 Å². The van der Waals surface area contributed by atoms with Gasteiger partial charge >= 0.3 is 0 Å². The van der Waals surface area contributed by atoms with Crippen molar-refractivity contribution in [2.24, 2.45) is 0 Å². The molecule has 2 heterocycles. The Morgan fingerprint density at radius 3 is 2.62 bits per heavy atom. The number of piperazine rings is 1. The van der Waals surface area contributed by atoms with Crippen molar-refractivity contribution >= 4 is 16.7 Å². The quantitative estimate of drug-likeness (QED) is 0.788. The molecule has 5 heteroatoms. The fourth-order valence-electron chi connectivity index (χ4n) is 3.49. The number of quaternary nitrogens is 1. The van der Waals surface area contributed by atoms with Crippen molar-refractivity contribution in [3.63, 3.8) is 0 Å². The van der Waals surface area contributed by atoms with Crippen molar-refractivity contribution in [3.8, 4) is 5.75 Å². The van der Waals surface area contributed by atoms with Crippen LogP contribution in [0, 0.1) is 0 Å². The first-order valence-electron chi connectivity index (χ1n) is 8.46. The van der Waals surface area contributed by atoms with Crippen LogP contribution in [0.25, 0.3) is 11.0 Å². The zero-order valence-electron chi connectivity index (χ0n) is 14.0. The molecule has 24 heavy (non-hydrogen) atoms. The van der Waals surface area contributed by atoms with Crippen molar-refractivity contribution in [3.05, 3.63) is 54.9 Å². The molecule has 4 rings (SSSR count). The van der Waals surface area contributed by atoms with Crippen molar-refractivity contribution in [1.82, 2.24) is 9.55 Å². The summed E-state index contributed by atoms with van der Waals surface area (Å²) in [7, 11) is 1.74. The van der Waals surface area contributed by atoms with E-state index in [4.69, 9.17) is 4.74 Å². The number of benzene rings is 2. The molecule has 0 unspecified atom stereocenters. The second-order valence-corrected chi connectivity index (χ2v) is 6.27. The third-order valence-electron chi connectivity index (χ3n) is 4.82. The van der Waals surface area contributed by atoms with Gasteiger partial charge in [0.05, 0.1) is 50.0 Å². The van der Waals surface area contributed by atoms with Gasteiger partial charge in [-0.1, -0.05) is 24.3 Å². The van der Waals surface area contributed by atoms with E-state index in [1.54, 1.807) is 12.0 Å². The van der Waals surface area contributed by atoms with E-state index >= 15 is 0 Å². The molecular weight excluding hydrogens is 300 g/mol.